The molecule has 0 unspecified atom stereocenters. The van der Waals surface area contributed by atoms with E-state index in [2.05, 4.69) is 59.0 Å². The first-order valence-corrected chi connectivity index (χ1v) is 5.37. The molecule has 1 N–H and O–H groups in total. The van der Waals surface area contributed by atoms with Crippen LogP contribution in [0.1, 0.15) is 48.0 Å². The van der Waals surface area contributed by atoms with Crippen molar-refractivity contribution < 1.29 is 0 Å². The highest BCUT2D eigenvalue weighted by atomic mass is 15.0. The van der Waals surface area contributed by atoms with Crippen LogP contribution >= 0.6 is 0 Å². The maximum Gasteiger partial charge on any atom is 0.0286 e. The maximum atomic E-state index is 3.53. The molecule has 0 spiro atoms. The molecule has 0 heterocycles. The summed E-state index contributed by atoms with van der Waals surface area (Å²) in [5.41, 5.74) is 3.34. The predicted octanol–water partition coefficient (Wildman–Crippen LogP) is 3.63. The summed E-state index contributed by atoms with van der Waals surface area (Å²) in [6, 6.07) is 0. The smallest absolute Gasteiger partial charge is 0.0286 e. The van der Waals surface area contributed by atoms with E-state index < -0.39 is 0 Å². The van der Waals surface area contributed by atoms with Crippen LogP contribution in [-0.2, 0) is 0 Å². The molecule has 0 aromatic heterocycles. The first kappa shape index (κ1) is 11.4. The van der Waals surface area contributed by atoms with Gasteiger partial charge in [-0.2, -0.15) is 0 Å². The molecular formula is C13H23N. The molecule has 0 atom stereocenters. The molecule has 1 heteroatoms. The van der Waals surface area contributed by atoms with Crippen molar-refractivity contribution in [1.82, 2.24) is 5.32 Å². The van der Waals surface area contributed by atoms with Gasteiger partial charge in [-0.05, 0) is 32.3 Å². The molecule has 0 fully saturated rings. The highest BCUT2D eigenvalue weighted by molar-refractivity contribution is 5.33. The van der Waals surface area contributed by atoms with Gasteiger partial charge in [-0.3, -0.25) is 0 Å². The maximum absolute atomic E-state index is 3.53. The van der Waals surface area contributed by atoms with Crippen molar-refractivity contribution in [3.63, 3.8) is 0 Å². The molecule has 80 valence electrons. The lowest BCUT2D eigenvalue weighted by atomic mass is 9.85. The van der Waals surface area contributed by atoms with Gasteiger partial charge in [0.05, 0.1) is 0 Å². The Morgan fingerprint density at radius 3 is 1.93 bits per heavy atom. The molecule has 0 aromatic carbocycles. The Bertz CT molecular complexity index is 269. The lowest BCUT2D eigenvalue weighted by Gasteiger charge is -2.26. The Morgan fingerprint density at radius 1 is 1.00 bits per heavy atom. The van der Waals surface area contributed by atoms with Gasteiger partial charge < -0.3 is 5.32 Å². The average molecular weight is 193 g/mol. The molecule has 14 heavy (non-hydrogen) atoms. The monoisotopic (exact) mass is 193 g/mol. The van der Waals surface area contributed by atoms with Gasteiger partial charge in [-0.25, -0.2) is 0 Å². The summed E-state index contributed by atoms with van der Waals surface area (Å²) in [4.78, 5) is 0. The highest BCUT2D eigenvalue weighted by Gasteiger charge is 2.22. The molecule has 0 saturated carbocycles. The molecule has 1 nitrogen and oxygen atoms in total. The average Bonchev–Trinajstić information content (AvgIpc) is 2.29. The minimum Gasteiger partial charge on any atom is -0.383 e. The minimum atomic E-state index is 0.174. The second-order valence-electron chi connectivity index (χ2n) is 6.19. The molecule has 0 aromatic rings. The van der Waals surface area contributed by atoms with Gasteiger partial charge >= 0.3 is 0 Å². The van der Waals surface area contributed by atoms with E-state index in [4.69, 9.17) is 0 Å². The second-order valence-corrected chi connectivity index (χ2v) is 6.19. The third kappa shape index (κ3) is 3.21. The SMILES string of the molecule is CC(C)(C)NC1=CC=C(C(C)(C)C)C1. The van der Waals surface area contributed by atoms with E-state index in [1.807, 2.05) is 0 Å². The molecular weight excluding hydrogens is 170 g/mol. The summed E-state index contributed by atoms with van der Waals surface area (Å²) in [7, 11) is 0. The van der Waals surface area contributed by atoms with Crippen LogP contribution in [0.5, 0.6) is 0 Å². The third-order valence-electron chi connectivity index (χ3n) is 2.37. The molecule has 0 saturated heterocycles. The van der Waals surface area contributed by atoms with Crippen molar-refractivity contribution in [3.8, 4) is 0 Å². The predicted molar refractivity (Wildman–Crippen MR) is 63.1 cm³/mol. The molecule has 1 aliphatic carbocycles. The van der Waals surface area contributed by atoms with Crippen LogP contribution in [0.25, 0.3) is 0 Å². The zero-order chi connectivity index (χ0) is 11.0. The van der Waals surface area contributed by atoms with Crippen molar-refractivity contribution in [3.05, 3.63) is 23.4 Å². The van der Waals surface area contributed by atoms with E-state index in [0.717, 1.165) is 6.42 Å². The van der Waals surface area contributed by atoms with Crippen LogP contribution in [0.3, 0.4) is 0 Å². The fourth-order valence-corrected chi connectivity index (χ4v) is 1.61. The van der Waals surface area contributed by atoms with Crippen molar-refractivity contribution in [1.29, 1.82) is 0 Å². The number of hydrogen-bond acceptors (Lipinski definition) is 1. The zero-order valence-electron chi connectivity index (χ0n) is 10.4. The summed E-state index contributed by atoms with van der Waals surface area (Å²) in [6.07, 6.45) is 5.56. The molecule has 1 rings (SSSR count). The van der Waals surface area contributed by atoms with Crippen LogP contribution in [0, 0.1) is 5.41 Å². The van der Waals surface area contributed by atoms with E-state index in [9.17, 15) is 0 Å². The number of nitrogens with one attached hydrogen (secondary N) is 1. The van der Waals surface area contributed by atoms with E-state index in [1.54, 1.807) is 0 Å². The van der Waals surface area contributed by atoms with Crippen LogP contribution < -0.4 is 5.32 Å². The Morgan fingerprint density at radius 2 is 1.57 bits per heavy atom. The fraction of sp³-hybridized carbons (Fsp3) is 0.692. The molecule has 1 aliphatic rings. The summed E-state index contributed by atoms with van der Waals surface area (Å²) < 4.78 is 0. The fourth-order valence-electron chi connectivity index (χ4n) is 1.61. The van der Waals surface area contributed by atoms with Crippen LogP contribution in [0.15, 0.2) is 23.4 Å². The third-order valence-corrected chi connectivity index (χ3v) is 2.37. The first-order chi connectivity index (χ1) is 6.18. The number of allylic oxidation sites excluding steroid dienone is 3. The van der Waals surface area contributed by atoms with Crippen molar-refractivity contribution >= 4 is 0 Å². The van der Waals surface area contributed by atoms with Crippen molar-refractivity contribution in [2.75, 3.05) is 0 Å². The normalized spacial score (nSPS) is 17.9. The van der Waals surface area contributed by atoms with Gasteiger partial charge in [0.15, 0.2) is 0 Å². The standard InChI is InChI=1S/C13H23N/c1-12(2,3)10-7-8-11(9-10)14-13(4,5)6/h7-8,14H,9H2,1-6H3. The summed E-state index contributed by atoms with van der Waals surface area (Å²) in [5, 5.41) is 3.53. The van der Waals surface area contributed by atoms with E-state index in [-0.39, 0.29) is 5.54 Å². The lowest BCUT2D eigenvalue weighted by molar-refractivity contribution is 0.452. The van der Waals surface area contributed by atoms with Gasteiger partial charge in [0.2, 0.25) is 0 Å². The van der Waals surface area contributed by atoms with Crippen LogP contribution in [0.2, 0.25) is 0 Å². The van der Waals surface area contributed by atoms with E-state index >= 15 is 0 Å². The number of hydrogen-bond donors (Lipinski definition) is 1. The minimum absolute atomic E-state index is 0.174. The first-order valence-electron chi connectivity index (χ1n) is 5.37. The Labute approximate surface area is 88.3 Å². The van der Waals surface area contributed by atoms with Gasteiger partial charge in [-0.15, -0.1) is 0 Å². The Balaban J connectivity index is 2.55. The van der Waals surface area contributed by atoms with Crippen LogP contribution in [-0.4, -0.2) is 5.54 Å². The zero-order valence-corrected chi connectivity index (χ0v) is 10.4. The van der Waals surface area contributed by atoms with Crippen molar-refractivity contribution in [2.45, 2.75) is 53.5 Å². The van der Waals surface area contributed by atoms with E-state index in [1.165, 1.54) is 11.3 Å². The topological polar surface area (TPSA) is 12.0 Å². The molecule has 0 radical (unpaired) electrons. The van der Waals surface area contributed by atoms with Gasteiger partial charge in [0.25, 0.3) is 0 Å². The van der Waals surface area contributed by atoms with Crippen molar-refractivity contribution in [2.24, 2.45) is 5.41 Å². The number of rotatable bonds is 1. The highest BCUT2D eigenvalue weighted by Crippen LogP contribution is 2.33. The Kier molecular flexibility index (Phi) is 2.80. The van der Waals surface area contributed by atoms with Crippen LogP contribution in [0.4, 0.5) is 0 Å². The van der Waals surface area contributed by atoms with Gasteiger partial charge in [-0.1, -0.05) is 32.4 Å². The van der Waals surface area contributed by atoms with Gasteiger partial charge in [0.1, 0.15) is 0 Å². The largest absolute Gasteiger partial charge is 0.383 e. The summed E-state index contributed by atoms with van der Waals surface area (Å²) in [5.74, 6) is 0. The summed E-state index contributed by atoms with van der Waals surface area (Å²) >= 11 is 0. The quantitative estimate of drug-likeness (QED) is 0.670. The molecule has 0 amide bonds. The van der Waals surface area contributed by atoms with Gasteiger partial charge in [0, 0.05) is 17.7 Å². The lowest BCUT2D eigenvalue weighted by Crippen LogP contribution is -2.34. The Hall–Kier alpha value is -0.720. The second kappa shape index (κ2) is 3.45. The summed E-state index contributed by atoms with van der Waals surface area (Å²) in [6.45, 7) is 13.4. The molecule has 0 bridgehead atoms. The van der Waals surface area contributed by atoms with E-state index in [0.29, 0.717) is 5.41 Å². The molecule has 0 aliphatic heterocycles.